The fourth-order valence-electron chi connectivity index (χ4n) is 5.58. The van der Waals surface area contributed by atoms with Crippen molar-refractivity contribution in [1.29, 1.82) is 0 Å². The van der Waals surface area contributed by atoms with Gasteiger partial charge in [-0.2, -0.15) is 0 Å². The maximum absolute atomic E-state index is 13.8. The van der Waals surface area contributed by atoms with Crippen LogP contribution in [-0.2, 0) is 4.79 Å². The first-order valence-corrected chi connectivity index (χ1v) is 10.9. The van der Waals surface area contributed by atoms with E-state index in [-0.39, 0.29) is 11.7 Å². The molecular formula is C24H23ClFN3O. The van der Waals surface area contributed by atoms with Gasteiger partial charge in [0, 0.05) is 18.0 Å². The number of hydrogen-bond donors (Lipinski definition) is 1. The van der Waals surface area contributed by atoms with Gasteiger partial charge in [-0.15, -0.1) is 0 Å². The van der Waals surface area contributed by atoms with E-state index in [1.807, 2.05) is 6.20 Å². The lowest BCUT2D eigenvalue weighted by Crippen LogP contribution is -2.16. The van der Waals surface area contributed by atoms with Crippen molar-refractivity contribution in [1.82, 2.24) is 9.97 Å². The predicted octanol–water partition coefficient (Wildman–Crippen LogP) is 5.97. The molecule has 1 aromatic carbocycles. The standard InChI is InChI=1S/C24H23ClFN3O/c25-23-4-2-19(13-28-23)29-24(30)9-14-7-15-10-17(11-16(15)8-14)20-5-6-27-22-3-1-18(26)12-21(20)22/h1-6,12-17H,7-11H2,(H,29,30)/t14?,15-,16+,17?. The molecule has 0 saturated heterocycles. The molecule has 4 atom stereocenters. The van der Waals surface area contributed by atoms with E-state index in [2.05, 4.69) is 21.4 Å². The van der Waals surface area contributed by atoms with Crippen LogP contribution in [0.2, 0.25) is 5.15 Å². The lowest BCUT2D eigenvalue weighted by Gasteiger charge is -2.17. The molecule has 0 bridgehead atoms. The minimum absolute atomic E-state index is 0.0382. The van der Waals surface area contributed by atoms with E-state index in [0.717, 1.165) is 36.6 Å². The average molecular weight is 424 g/mol. The van der Waals surface area contributed by atoms with Gasteiger partial charge < -0.3 is 5.32 Å². The van der Waals surface area contributed by atoms with Crippen LogP contribution in [-0.4, -0.2) is 15.9 Å². The van der Waals surface area contributed by atoms with Crippen LogP contribution in [0.15, 0.2) is 48.8 Å². The van der Waals surface area contributed by atoms with Gasteiger partial charge in [0.25, 0.3) is 0 Å². The van der Waals surface area contributed by atoms with Crippen LogP contribution in [0.1, 0.15) is 43.6 Å². The monoisotopic (exact) mass is 423 g/mol. The zero-order valence-electron chi connectivity index (χ0n) is 16.5. The highest BCUT2D eigenvalue weighted by Gasteiger charge is 2.42. The van der Waals surface area contributed by atoms with Crippen LogP contribution < -0.4 is 5.32 Å². The van der Waals surface area contributed by atoms with E-state index < -0.39 is 0 Å². The molecular weight excluding hydrogens is 401 g/mol. The second-order valence-electron chi connectivity index (χ2n) is 8.71. The Hall–Kier alpha value is -2.53. The molecule has 5 rings (SSSR count). The summed E-state index contributed by atoms with van der Waals surface area (Å²) >= 11 is 5.79. The number of aromatic nitrogens is 2. The number of rotatable bonds is 4. The molecule has 1 amide bonds. The van der Waals surface area contributed by atoms with Gasteiger partial charge in [-0.3, -0.25) is 9.78 Å². The summed E-state index contributed by atoms with van der Waals surface area (Å²) in [6.07, 6.45) is 8.36. The molecule has 154 valence electrons. The first-order valence-electron chi connectivity index (χ1n) is 10.5. The third kappa shape index (κ3) is 3.91. The molecule has 2 heterocycles. The maximum Gasteiger partial charge on any atom is 0.224 e. The Morgan fingerprint density at radius 3 is 2.60 bits per heavy atom. The Morgan fingerprint density at radius 1 is 1.07 bits per heavy atom. The molecule has 2 aromatic heterocycles. The normalized spacial score (nSPS) is 25.4. The number of benzene rings is 1. The number of halogens is 2. The molecule has 30 heavy (non-hydrogen) atoms. The molecule has 0 aliphatic heterocycles. The topological polar surface area (TPSA) is 54.9 Å². The summed E-state index contributed by atoms with van der Waals surface area (Å²) in [6.45, 7) is 0. The van der Waals surface area contributed by atoms with E-state index in [0.29, 0.717) is 40.9 Å². The Bertz CT molecular complexity index is 1070. The van der Waals surface area contributed by atoms with Crippen LogP contribution in [0.4, 0.5) is 10.1 Å². The number of nitrogens with zero attached hydrogens (tertiary/aromatic N) is 2. The fourth-order valence-corrected chi connectivity index (χ4v) is 5.69. The zero-order valence-corrected chi connectivity index (χ0v) is 17.3. The summed E-state index contributed by atoms with van der Waals surface area (Å²) in [5.74, 6) is 1.98. The van der Waals surface area contributed by atoms with Crippen molar-refractivity contribution in [2.45, 2.75) is 38.0 Å². The van der Waals surface area contributed by atoms with Gasteiger partial charge in [0.15, 0.2) is 0 Å². The quantitative estimate of drug-likeness (QED) is 0.526. The van der Waals surface area contributed by atoms with Crippen LogP contribution in [0, 0.1) is 23.6 Å². The largest absolute Gasteiger partial charge is 0.325 e. The summed E-state index contributed by atoms with van der Waals surface area (Å²) in [5.41, 5.74) is 2.76. The molecule has 3 aromatic rings. The van der Waals surface area contributed by atoms with Crippen LogP contribution in [0.25, 0.3) is 10.9 Å². The van der Waals surface area contributed by atoms with Crippen LogP contribution in [0.5, 0.6) is 0 Å². The molecule has 2 aliphatic carbocycles. The van der Waals surface area contributed by atoms with Gasteiger partial charge >= 0.3 is 0 Å². The van der Waals surface area contributed by atoms with E-state index in [1.54, 1.807) is 30.5 Å². The predicted molar refractivity (Wildman–Crippen MR) is 116 cm³/mol. The molecule has 0 radical (unpaired) electrons. The Labute approximate surface area is 179 Å². The van der Waals surface area contributed by atoms with Gasteiger partial charge in [-0.1, -0.05) is 11.6 Å². The van der Waals surface area contributed by atoms with Gasteiger partial charge in [0.2, 0.25) is 5.91 Å². The van der Waals surface area contributed by atoms with Crippen molar-refractivity contribution >= 4 is 34.1 Å². The highest BCUT2D eigenvalue weighted by Crippen LogP contribution is 2.53. The van der Waals surface area contributed by atoms with E-state index in [9.17, 15) is 9.18 Å². The number of pyridine rings is 2. The first kappa shape index (κ1) is 19.4. The highest BCUT2D eigenvalue weighted by atomic mass is 35.5. The molecule has 2 fully saturated rings. The zero-order chi connectivity index (χ0) is 20.7. The minimum atomic E-state index is -0.211. The SMILES string of the molecule is O=C(CC1C[C@@H]2CC(c3ccnc4ccc(F)cc34)C[C@@H]2C1)Nc1ccc(Cl)nc1. The summed E-state index contributed by atoms with van der Waals surface area (Å²) in [7, 11) is 0. The van der Waals surface area contributed by atoms with Crippen LogP contribution >= 0.6 is 11.6 Å². The molecule has 2 saturated carbocycles. The van der Waals surface area contributed by atoms with Crippen molar-refractivity contribution in [3.8, 4) is 0 Å². The van der Waals surface area contributed by atoms with Crippen molar-refractivity contribution in [3.05, 3.63) is 65.3 Å². The molecule has 4 nitrogen and oxygen atoms in total. The smallest absolute Gasteiger partial charge is 0.224 e. The summed E-state index contributed by atoms with van der Waals surface area (Å²) in [6, 6.07) is 10.3. The van der Waals surface area contributed by atoms with Crippen molar-refractivity contribution < 1.29 is 9.18 Å². The molecule has 1 N–H and O–H groups in total. The summed E-state index contributed by atoms with van der Waals surface area (Å²) < 4.78 is 13.8. The highest BCUT2D eigenvalue weighted by molar-refractivity contribution is 6.29. The third-order valence-corrected chi connectivity index (χ3v) is 7.00. The second kappa shape index (κ2) is 7.95. The molecule has 2 unspecified atom stereocenters. The van der Waals surface area contributed by atoms with Crippen molar-refractivity contribution in [2.24, 2.45) is 17.8 Å². The minimum Gasteiger partial charge on any atom is -0.325 e. The van der Waals surface area contributed by atoms with Gasteiger partial charge in [-0.25, -0.2) is 9.37 Å². The van der Waals surface area contributed by atoms with Crippen LogP contribution in [0.3, 0.4) is 0 Å². The lowest BCUT2D eigenvalue weighted by atomic mass is 9.89. The number of fused-ring (bicyclic) bond motifs is 2. The Balaban J connectivity index is 1.21. The number of anilines is 1. The van der Waals surface area contributed by atoms with Gasteiger partial charge in [-0.05, 0) is 91.3 Å². The fraction of sp³-hybridized carbons (Fsp3) is 0.375. The van der Waals surface area contributed by atoms with E-state index >= 15 is 0 Å². The molecule has 2 aliphatic rings. The Kier molecular flexibility index (Phi) is 5.15. The number of hydrogen-bond acceptors (Lipinski definition) is 3. The number of nitrogens with one attached hydrogen (secondary N) is 1. The van der Waals surface area contributed by atoms with Crippen molar-refractivity contribution in [2.75, 3.05) is 5.32 Å². The Morgan fingerprint density at radius 2 is 1.87 bits per heavy atom. The average Bonchev–Trinajstić information content (AvgIpc) is 3.27. The number of amides is 1. The van der Waals surface area contributed by atoms with Gasteiger partial charge in [0.1, 0.15) is 11.0 Å². The van der Waals surface area contributed by atoms with Gasteiger partial charge in [0.05, 0.1) is 17.4 Å². The maximum atomic E-state index is 13.8. The summed E-state index contributed by atoms with van der Waals surface area (Å²) in [5, 5.41) is 4.27. The van der Waals surface area contributed by atoms with E-state index in [4.69, 9.17) is 11.6 Å². The number of carbonyl (C=O) groups excluding carboxylic acids is 1. The molecule has 6 heteroatoms. The number of carbonyl (C=O) groups is 1. The summed E-state index contributed by atoms with van der Waals surface area (Å²) in [4.78, 5) is 20.8. The molecule has 0 spiro atoms. The third-order valence-electron chi connectivity index (χ3n) is 6.78. The lowest BCUT2D eigenvalue weighted by molar-refractivity contribution is -0.117. The first-order chi connectivity index (χ1) is 14.5. The second-order valence-corrected chi connectivity index (χ2v) is 9.10. The van der Waals surface area contributed by atoms with E-state index in [1.165, 1.54) is 11.6 Å². The van der Waals surface area contributed by atoms with Crippen molar-refractivity contribution in [3.63, 3.8) is 0 Å².